The van der Waals surface area contributed by atoms with Crippen LogP contribution in [0, 0.1) is 6.92 Å². The third-order valence-corrected chi connectivity index (χ3v) is 5.69. The van der Waals surface area contributed by atoms with Crippen LogP contribution in [0.2, 0.25) is 0 Å². The lowest BCUT2D eigenvalue weighted by Gasteiger charge is -2.19. The third-order valence-electron chi connectivity index (χ3n) is 5.69. The van der Waals surface area contributed by atoms with Crippen LogP contribution in [-0.4, -0.2) is 26.5 Å². The second kappa shape index (κ2) is 8.83. The van der Waals surface area contributed by atoms with E-state index in [9.17, 15) is 4.79 Å². The van der Waals surface area contributed by atoms with Crippen LogP contribution in [0.4, 0.5) is 4.79 Å². The molecule has 3 heterocycles. The Morgan fingerprint density at radius 3 is 2.49 bits per heavy atom. The minimum Gasteiger partial charge on any atom is -0.444 e. The summed E-state index contributed by atoms with van der Waals surface area (Å²) in [7, 11) is 0. The Hall–Kier alpha value is -4.26. The van der Waals surface area contributed by atoms with Crippen LogP contribution in [0.25, 0.3) is 33.4 Å². The van der Waals surface area contributed by atoms with Gasteiger partial charge in [-0.05, 0) is 56.2 Å². The number of pyridine rings is 2. The zero-order chi connectivity index (χ0) is 24.6. The van der Waals surface area contributed by atoms with Gasteiger partial charge in [0, 0.05) is 30.3 Å². The Balaban J connectivity index is 1.50. The van der Waals surface area contributed by atoms with Gasteiger partial charge in [0.2, 0.25) is 0 Å². The van der Waals surface area contributed by atoms with Gasteiger partial charge in [-0.25, -0.2) is 9.20 Å². The van der Waals surface area contributed by atoms with Crippen molar-refractivity contribution in [3.05, 3.63) is 90.5 Å². The standard InChI is InChI=1S/C28H27N5O2/c1-19-31-33(23-12-10-20(11-13-23)17-30-27(34)35-28(2,3)4)26-24-16-22(21-8-6-5-7-9-21)18-29-25(24)14-15-32(19)26/h5-16,18H,17H2,1-4H3/p+1. The summed E-state index contributed by atoms with van der Waals surface area (Å²) in [5, 5.41) is 8.64. The molecule has 0 aliphatic rings. The first-order valence-electron chi connectivity index (χ1n) is 11.6. The lowest BCUT2D eigenvalue weighted by atomic mass is 10.1. The van der Waals surface area contributed by atoms with Crippen LogP contribution in [-0.2, 0) is 11.3 Å². The zero-order valence-electron chi connectivity index (χ0n) is 20.3. The molecule has 0 atom stereocenters. The molecule has 176 valence electrons. The Bertz CT molecular complexity index is 1520. The number of ether oxygens (including phenoxy) is 1. The molecule has 0 radical (unpaired) electrons. The number of nitrogens with one attached hydrogen (secondary N) is 1. The van der Waals surface area contributed by atoms with E-state index >= 15 is 0 Å². The first-order chi connectivity index (χ1) is 16.8. The van der Waals surface area contributed by atoms with E-state index in [0.29, 0.717) is 6.54 Å². The highest BCUT2D eigenvalue weighted by molar-refractivity contribution is 5.92. The van der Waals surface area contributed by atoms with Crippen LogP contribution in [0.3, 0.4) is 0 Å². The Morgan fingerprint density at radius 2 is 1.77 bits per heavy atom. The minimum atomic E-state index is -0.525. The molecule has 7 heteroatoms. The van der Waals surface area contributed by atoms with Crippen molar-refractivity contribution in [1.82, 2.24) is 20.1 Å². The van der Waals surface area contributed by atoms with Gasteiger partial charge in [-0.2, -0.15) is 0 Å². The van der Waals surface area contributed by atoms with Crippen molar-refractivity contribution in [2.45, 2.75) is 39.8 Å². The average molecular weight is 467 g/mol. The molecule has 0 saturated heterocycles. The van der Waals surface area contributed by atoms with Crippen molar-refractivity contribution in [1.29, 1.82) is 0 Å². The lowest BCUT2D eigenvalue weighted by molar-refractivity contribution is -0.519. The number of benzene rings is 2. The first-order valence-corrected chi connectivity index (χ1v) is 11.6. The Morgan fingerprint density at radius 1 is 1.03 bits per heavy atom. The summed E-state index contributed by atoms with van der Waals surface area (Å²) in [4.78, 5) is 16.7. The number of rotatable bonds is 4. The number of carbonyl (C=O) groups is 1. The van der Waals surface area contributed by atoms with E-state index in [-0.39, 0.29) is 0 Å². The molecule has 5 rings (SSSR count). The van der Waals surface area contributed by atoms with Crippen molar-refractivity contribution in [3.63, 3.8) is 0 Å². The summed E-state index contributed by atoms with van der Waals surface area (Å²) in [6.45, 7) is 7.91. The number of carbonyl (C=O) groups excluding carboxylic acids is 1. The van der Waals surface area contributed by atoms with E-state index in [1.54, 1.807) is 0 Å². The minimum absolute atomic E-state index is 0.385. The van der Waals surface area contributed by atoms with Crippen molar-refractivity contribution >= 4 is 22.6 Å². The molecule has 0 spiro atoms. The van der Waals surface area contributed by atoms with Crippen molar-refractivity contribution < 1.29 is 13.9 Å². The van der Waals surface area contributed by atoms with Gasteiger partial charge in [0.15, 0.2) is 0 Å². The van der Waals surface area contributed by atoms with Gasteiger partial charge in [-0.15, -0.1) is 0 Å². The fourth-order valence-electron chi connectivity index (χ4n) is 4.06. The summed E-state index contributed by atoms with van der Waals surface area (Å²) in [5.41, 5.74) is 5.40. The number of amides is 1. The molecule has 7 nitrogen and oxygen atoms in total. The molecule has 2 aromatic carbocycles. The van der Waals surface area contributed by atoms with Crippen molar-refractivity contribution in [2.24, 2.45) is 0 Å². The van der Waals surface area contributed by atoms with Gasteiger partial charge >= 0.3 is 6.09 Å². The fourth-order valence-corrected chi connectivity index (χ4v) is 4.06. The monoisotopic (exact) mass is 466 g/mol. The van der Waals surface area contributed by atoms with Crippen LogP contribution in [0.15, 0.2) is 79.1 Å². The summed E-state index contributed by atoms with van der Waals surface area (Å²) >= 11 is 0. The topological polar surface area (TPSA) is 73.1 Å². The molecule has 0 aliphatic carbocycles. The number of hydrogen-bond acceptors (Lipinski definition) is 4. The van der Waals surface area contributed by atoms with Crippen molar-refractivity contribution in [2.75, 3.05) is 0 Å². The molecule has 3 aromatic heterocycles. The Labute approximate surface area is 204 Å². The third kappa shape index (κ3) is 4.71. The molecule has 0 unspecified atom stereocenters. The first kappa shape index (κ1) is 22.5. The number of nitrogens with zero attached hydrogens (tertiary/aromatic N) is 4. The van der Waals surface area contributed by atoms with E-state index < -0.39 is 11.7 Å². The largest absolute Gasteiger partial charge is 0.444 e. The summed E-state index contributed by atoms with van der Waals surface area (Å²) in [6, 6.07) is 22.4. The smallest absolute Gasteiger partial charge is 0.407 e. The number of hydrogen-bond donors (Lipinski definition) is 1. The molecule has 35 heavy (non-hydrogen) atoms. The normalized spacial score (nSPS) is 11.7. The van der Waals surface area contributed by atoms with Gasteiger partial charge in [-0.3, -0.25) is 4.98 Å². The maximum absolute atomic E-state index is 12.0. The van der Waals surface area contributed by atoms with Crippen molar-refractivity contribution in [3.8, 4) is 16.8 Å². The number of fused-ring (bicyclic) bond motifs is 3. The molecular formula is C28H28N5O2+. The molecule has 5 aromatic rings. The highest BCUT2D eigenvalue weighted by Crippen LogP contribution is 2.25. The maximum Gasteiger partial charge on any atom is 0.407 e. The fraction of sp³-hybridized carbons (Fsp3) is 0.214. The highest BCUT2D eigenvalue weighted by Gasteiger charge is 2.22. The van der Waals surface area contributed by atoms with Gasteiger partial charge in [0.1, 0.15) is 11.3 Å². The average Bonchev–Trinajstić information content (AvgIpc) is 3.19. The van der Waals surface area contributed by atoms with Gasteiger partial charge in [-0.1, -0.05) is 47.1 Å². The quantitative estimate of drug-likeness (QED) is 0.372. The van der Waals surface area contributed by atoms with Gasteiger partial charge < -0.3 is 10.1 Å². The molecule has 0 aliphatic heterocycles. The molecular weight excluding hydrogens is 438 g/mol. The SMILES string of the molecule is Cc1nn(-c2ccc(CNC(=O)OC(C)(C)C)cc2)c2c3cc(-c4ccccc4)cnc3cc[n+]12. The number of alkyl carbamates (subject to hydrolysis) is 1. The highest BCUT2D eigenvalue weighted by atomic mass is 16.6. The molecule has 1 N–H and O–H groups in total. The summed E-state index contributed by atoms with van der Waals surface area (Å²) < 4.78 is 9.34. The second-order valence-corrected chi connectivity index (χ2v) is 9.51. The van der Waals surface area contributed by atoms with Crippen LogP contribution < -0.4 is 9.72 Å². The molecule has 0 saturated carbocycles. The number of aromatic nitrogens is 4. The van der Waals surface area contributed by atoms with E-state index in [0.717, 1.165) is 44.8 Å². The van der Waals surface area contributed by atoms with Gasteiger partial charge in [0.05, 0.1) is 17.1 Å². The maximum atomic E-state index is 12.0. The number of aryl methyl sites for hydroxylation is 1. The molecule has 0 bridgehead atoms. The Kier molecular flexibility index (Phi) is 5.68. The predicted molar refractivity (Wildman–Crippen MR) is 135 cm³/mol. The summed E-state index contributed by atoms with van der Waals surface area (Å²) in [5.74, 6) is 0.877. The van der Waals surface area contributed by atoms with E-state index in [1.807, 2.05) is 93.3 Å². The summed E-state index contributed by atoms with van der Waals surface area (Å²) in [6.07, 6.45) is 3.48. The van der Waals surface area contributed by atoms with Crippen LogP contribution in [0.5, 0.6) is 0 Å². The molecule has 1 amide bonds. The van der Waals surface area contributed by atoms with Gasteiger partial charge in [0.25, 0.3) is 11.5 Å². The zero-order valence-corrected chi connectivity index (χ0v) is 20.3. The van der Waals surface area contributed by atoms with E-state index in [2.05, 4.69) is 27.9 Å². The second-order valence-electron chi connectivity index (χ2n) is 9.51. The predicted octanol–water partition coefficient (Wildman–Crippen LogP) is 5.16. The van der Waals surface area contributed by atoms with Crippen LogP contribution in [0.1, 0.15) is 32.2 Å². The lowest BCUT2D eigenvalue weighted by Crippen LogP contribution is -2.32. The van der Waals surface area contributed by atoms with E-state index in [4.69, 9.17) is 14.8 Å². The van der Waals surface area contributed by atoms with Crippen LogP contribution >= 0.6 is 0 Å². The molecule has 0 fully saturated rings. The van der Waals surface area contributed by atoms with E-state index in [1.165, 1.54) is 0 Å².